The van der Waals surface area contributed by atoms with Crippen molar-refractivity contribution in [3.8, 4) is 5.75 Å². The van der Waals surface area contributed by atoms with E-state index >= 15 is 0 Å². The first kappa shape index (κ1) is 18.0. The third-order valence-corrected chi connectivity index (χ3v) is 3.49. The van der Waals surface area contributed by atoms with Gasteiger partial charge < -0.3 is 14.8 Å². The molecule has 5 heteroatoms. The minimum absolute atomic E-state index is 0.131. The third-order valence-electron chi connectivity index (χ3n) is 3.49. The summed E-state index contributed by atoms with van der Waals surface area (Å²) in [5.74, 6) is -0.204. The molecule has 1 aliphatic heterocycles. The number of benzene rings is 1. The lowest BCUT2D eigenvalue weighted by Crippen LogP contribution is -2.49. The Labute approximate surface area is 143 Å². The second-order valence-corrected chi connectivity index (χ2v) is 7.31. The van der Waals surface area contributed by atoms with Crippen molar-refractivity contribution in [1.29, 1.82) is 0 Å². The molecule has 1 atom stereocenters. The van der Waals surface area contributed by atoms with Crippen LogP contribution in [-0.4, -0.2) is 30.1 Å². The number of ether oxygens (including phenoxy) is 2. The first-order valence-electron chi connectivity index (χ1n) is 8.13. The number of esters is 1. The average molecular weight is 331 g/mol. The Bertz CT molecular complexity index is 656. The molecule has 1 aromatic rings. The highest BCUT2D eigenvalue weighted by Crippen LogP contribution is 2.26. The number of hydrogen-bond donors (Lipinski definition) is 1. The standard InChI is InChI=1S/C19H25NO4/c1-12(2)16(17(21)20-19(3,4)5)24-18(22)14-10-13-8-6-7-9-15(13)23-11-14/h6-10,12,16H,11H2,1-5H3,(H,20,21). The molecule has 130 valence electrons. The molecule has 1 amide bonds. The van der Waals surface area contributed by atoms with Crippen molar-refractivity contribution in [2.75, 3.05) is 6.61 Å². The number of nitrogens with one attached hydrogen (secondary N) is 1. The summed E-state index contributed by atoms with van der Waals surface area (Å²) in [4.78, 5) is 24.8. The van der Waals surface area contributed by atoms with E-state index in [-0.39, 0.29) is 24.0 Å². The van der Waals surface area contributed by atoms with Crippen molar-refractivity contribution in [2.45, 2.75) is 46.3 Å². The molecule has 0 fully saturated rings. The second kappa shape index (κ2) is 7.07. The number of rotatable bonds is 4. The van der Waals surface area contributed by atoms with Gasteiger partial charge in [-0.1, -0.05) is 32.0 Å². The number of carbonyl (C=O) groups is 2. The molecule has 0 aromatic heterocycles. The van der Waals surface area contributed by atoms with Crippen molar-refractivity contribution in [1.82, 2.24) is 5.32 Å². The number of carbonyl (C=O) groups excluding carboxylic acids is 2. The maximum Gasteiger partial charge on any atom is 0.338 e. The quantitative estimate of drug-likeness (QED) is 0.862. The molecule has 0 saturated heterocycles. The number of hydrogen-bond acceptors (Lipinski definition) is 4. The number of fused-ring (bicyclic) bond motifs is 1. The van der Waals surface area contributed by atoms with Gasteiger partial charge in [-0.15, -0.1) is 0 Å². The van der Waals surface area contributed by atoms with Crippen LogP contribution in [0.2, 0.25) is 0 Å². The summed E-state index contributed by atoms with van der Waals surface area (Å²) in [6.07, 6.45) is 0.912. The molecule has 2 rings (SSSR count). The van der Waals surface area contributed by atoms with Gasteiger partial charge in [0.2, 0.25) is 0 Å². The molecular formula is C19H25NO4. The third kappa shape index (κ3) is 4.60. The fraction of sp³-hybridized carbons (Fsp3) is 0.474. The van der Waals surface area contributed by atoms with Crippen molar-refractivity contribution >= 4 is 18.0 Å². The molecule has 1 aliphatic rings. The smallest absolute Gasteiger partial charge is 0.338 e. The van der Waals surface area contributed by atoms with Crippen LogP contribution < -0.4 is 10.1 Å². The topological polar surface area (TPSA) is 64.6 Å². The van der Waals surface area contributed by atoms with E-state index < -0.39 is 12.1 Å². The van der Waals surface area contributed by atoms with Crippen LogP contribution in [0.25, 0.3) is 6.08 Å². The van der Waals surface area contributed by atoms with Crippen LogP contribution in [0, 0.1) is 5.92 Å². The molecular weight excluding hydrogens is 306 g/mol. The van der Waals surface area contributed by atoms with Crippen LogP contribution >= 0.6 is 0 Å². The Kier molecular flexibility index (Phi) is 5.32. The fourth-order valence-electron chi connectivity index (χ4n) is 2.36. The molecule has 0 bridgehead atoms. The van der Waals surface area contributed by atoms with Crippen molar-refractivity contribution < 1.29 is 19.1 Å². The van der Waals surface area contributed by atoms with Gasteiger partial charge in [-0.3, -0.25) is 4.79 Å². The normalized spacial score (nSPS) is 15.0. The van der Waals surface area contributed by atoms with E-state index in [9.17, 15) is 9.59 Å². The minimum atomic E-state index is -0.838. The van der Waals surface area contributed by atoms with E-state index in [0.29, 0.717) is 5.57 Å². The van der Waals surface area contributed by atoms with Gasteiger partial charge in [0.15, 0.2) is 6.10 Å². The summed E-state index contributed by atoms with van der Waals surface area (Å²) in [6.45, 7) is 9.50. The van der Waals surface area contributed by atoms with Crippen molar-refractivity contribution in [3.63, 3.8) is 0 Å². The van der Waals surface area contributed by atoms with E-state index in [2.05, 4.69) is 5.32 Å². The van der Waals surface area contributed by atoms with Crippen LogP contribution in [0.15, 0.2) is 29.8 Å². The van der Waals surface area contributed by atoms with Gasteiger partial charge in [-0.2, -0.15) is 0 Å². The second-order valence-electron chi connectivity index (χ2n) is 7.31. The largest absolute Gasteiger partial charge is 0.488 e. The zero-order valence-electron chi connectivity index (χ0n) is 14.9. The Morgan fingerprint density at radius 1 is 1.21 bits per heavy atom. The Morgan fingerprint density at radius 3 is 2.50 bits per heavy atom. The highest BCUT2D eigenvalue weighted by atomic mass is 16.6. The molecule has 1 heterocycles. The predicted molar refractivity (Wildman–Crippen MR) is 92.5 cm³/mol. The van der Waals surface area contributed by atoms with E-state index in [0.717, 1.165) is 11.3 Å². The zero-order valence-corrected chi connectivity index (χ0v) is 14.9. The molecule has 5 nitrogen and oxygen atoms in total. The lowest BCUT2D eigenvalue weighted by Gasteiger charge is -2.27. The zero-order chi connectivity index (χ0) is 17.9. The van der Waals surface area contributed by atoms with Gasteiger partial charge >= 0.3 is 5.97 Å². The average Bonchev–Trinajstić information content (AvgIpc) is 2.49. The lowest BCUT2D eigenvalue weighted by molar-refractivity contribution is -0.156. The summed E-state index contributed by atoms with van der Waals surface area (Å²) in [5.41, 5.74) is 0.849. The Balaban J connectivity index is 2.12. The van der Waals surface area contributed by atoms with Crippen LogP contribution in [0.3, 0.4) is 0 Å². The SMILES string of the molecule is CC(C)C(OC(=O)C1=Cc2ccccc2OC1)C(=O)NC(C)(C)C. The molecule has 1 unspecified atom stereocenters. The molecule has 24 heavy (non-hydrogen) atoms. The highest BCUT2D eigenvalue weighted by molar-refractivity contribution is 5.97. The van der Waals surface area contributed by atoms with Gasteiger partial charge in [0.1, 0.15) is 12.4 Å². The molecule has 0 radical (unpaired) electrons. The molecule has 1 aromatic carbocycles. The summed E-state index contributed by atoms with van der Waals surface area (Å²) in [5, 5.41) is 2.86. The predicted octanol–water partition coefficient (Wildman–Crippen LogP) is 2.94. The first-order chi connectivity index (χ1) is 11.2. The van der Waals surface area contributed by atoms with E-state index in [1.165, 1.54) is 0 Å². The maximum absolute atomic E-state index is 12.4. The van der Waals surface area contributed by atoms with Gasteiger partial charge in [0.05, 0.1) is 5.57 Å². The van der Waals surface area contributed by atoms with Gasteiger partial charge in [0, 0.05) is 11.1 Å². The Hall–Kier alpha value is -2.30. The van der Waals surface area contributed by atoms with E-state index in [1.807, 2.05) is 58.9 Å². The number of para-hydroxylation sites is 1. The monoisotopic (exact) mass is 331 g/mol. The maximum atomic E-state index is 12.4. The van der Waals surface area contributed by atoms with Gasteiger partial charge in [-0.25, -0.2) is 4.79 Å². The summed E-state index contributed by atoms with van der Waals surface area (Å²) in [6, 6.07) is 7.47. The lowest BCUT2D eigenvalue weighted by atomic mass is 10.0. The molecule has 0 spiro atoms. The van der Waals surface area contributed by atoms with Gasteiger partial charge in [-0.05, 0) is 38.8 Å². The van der Waals surface area contributed by atoms with Gasteiger partial charge in [0.25, 0.3) is 5.91 Å². The number of amides is 1. The first-order valence-corrected chi connectivity index (χ1v) is 8.13. The van der Waals surface area contributed by atoms with Crippen LogP contribution in [0.5, 0.6) is 5.75 Å². The van der Waals surface area contributed by atoms with Crippen molar-refractivity contribution in [2.24, 2.45) is 5.92 Å². The Morgan fingerprint density at radius 2 is 1.88 bits per heavy atom. The van der Waals surface area contributed by atoms with Crippen molar-refractivity contribution in [3.05, 3.63) is 35.4 Å². The van der Waals surface area contributed by atoms with Crippen LogP contribution in [0.4, 0.5) is 0 Å². The molecule has 0 aliphatic carbocycles. The summed E-state index contributed by atoms with van der Waals surface area (Å²) in [7, 11) is 0. The van der Waals surface area contributed by atoms with E-state index in [4.69, 9.17) is 9.47 Å². The highest BCUT2D eigenvalue weighted by Gasteiger charge is 2.30. The van der Waals surface area contributed by atoms with E-state index in [1.54, 1.807) is 6.08 Å². The van der Waals surface area contributed by atoms with Crippen LogP contribution in [-0.2, 0) is 14.3 Å². The summed E-state index contributed by atoms with van der Waals surface area (Å²) < 4.78 is 11.0. The van der Waals surface area contributed by atoms with Crippen LogP contribution in [0.1, 0.15) is 40.2 Å². The molecule has 1 N–H and O–H groups in total. The summed E-state index contributed by atoms with van der Waals surface area (Å²) >= 11 is 0. The molecule has 0 saturated carbocycles. The fourth-order valence-corrected chi connectivity index (χ4v) is 2.36. The minimum Gasteiger partial charge on any atom is -0.488 e.